The summed E-state index contributed by atoms with van der Waals surface area (Å²) in [5, 5.41) is 14.8. The van der Waals surface area contributed by atoms with Gasteiger partial charge in [0, 0.05) is 12.1 Å². The minimum absolute atomic E-state index is 0.0961. The third kappa shape index (κ3) is 6.90. The highest BCUT2D eigenvalue weighted by atomic mass is 16.3. The number of benzene rings is 1. The molecule has 5 heteroatoms. The fourth-order valence-corrected chi connectivity index (χ4v) is 1.89. The van der Waals surface area contributed by atoms with Crippen LogP contribution in [0.2, 0.25) is 0 Å². The number of hydrogen-bond donors (Lipinski definition) is 3. The highest BCUT2D eigenvalue weighted by Crippen LogP contribution is 2.03. The third-order valence-corrected chi connectivity index (χ3v) is 3.00. The Morgan fingerprint density at radius 1 is 1.14 bits per heavy atom. The summed E-state index contributed by atoms with van der Waals surface area (Å²) in [6, 6.07) is 7.12. The summed E-state index contributed by atoms with van der Waals surface area (Å²) in [5.41, 5.74) is 1.59. The zero-order valence-corrected chi connectivity index (χ0v) is 12.8. The Labute approximate surface area is 125 Å². The first-order valence-electron chi connectivity index (χ1n) is 7.18. The molecule has 1 aromatic carbocycles. The predicted molar refractivity (Wildman–Crippen MR) is 82.0 cm³/mol. The number of amides is 2. The van der Waals surface area contributed by atoms with Crippen molar-refractivity contribution in [2.45, 2.75) is 33.3 Å². The van der Waals surface area contributed by atoms with E-state index in [1.165, 1.54) is 0 Å². The number of rotatable bonds is 7. The van der Waals surface area contributed by atoms with Crippen LogP contribution in [0, 0.1) is 12.8 Å². The second-order valence-electron chi connectivity index (χ2n) is 5.64. The number of carbonyl (C=O) groups is 2. The molecule has 0 spiro atoms. The minimum atomic E-state index is -0.554. The van der Waals surface area contributed by atoms with Gasteiger partial charge in [-0.05, 0) is 31.4 Å². The van der Waals surface area contributed by atoms with E-state index in [9.17, 15) is 14.7 Å². The van der Waals surface area contributed by atoms with Gasteiger partial charge in [-0.25, -0.2) is 0 Å². The van der Waals surface area contributed by atoms with Gasteiger partial charge in [0.2, 0.25) is 5.91 Å². The first-order chi connectivity index (χ1) is 9.88. The lowest BCUT2D eigenvalue weighted by molar-refractivity contribution is -0.120. The Hall–Kier alpha value is -1.88. The predicted octanol–water partition coefficient (Wildman–Crippen LogP) is 1.25. The Morgan fingerprint density at radius 3 is 2.33 bits per heavy atom. The Bertz CT molecular complexity index is 469. The first kappa shape index (κ1) is 17.2. The van der Waals surface area contributed by atoms with E-state index >= 15 is 0 Å². The van der Waals surface area contributed by atoms with Crippen molar-refractivity contribution in [3.63, 3.8) is 0 Å². The molecule has 0 saturated heterocycles. The van der Waals surface area contributed by atoms with Crippen LogP contribution in [0.25, 0.3) is 0 Å². The fourth-order valence-electron chi connectivity index (χ4n) is 1.89. The van der Waals surface area contributed by atoms with Crippen molar-refractivity contribution in [2.24, 2.45) is 5.92 Å². The lowest BCUT2D eigenvalue weighted by Crippen LogP contribution is -2.40. The van der Waals surface area contributed by atoms with E-state index in [-0.39, 0.29) is 24.9 Å². The summed E-state index contributed by atoms with van der Waals surface area (Å²) >= 11 is 0. The molecule has 1 aromatic rings. The largest absolute Gasteiger partial charge is 0.391 e. The average molecular weight is 292 g/mol. The number of aliphatic hydroxyl groups excluding tert-OH is 1. The van der Waals surface area contributed by atoms with Gasteiger partial charge < -0.3 is 15.7 Å². The van der Waals surface area contributed by atoms with E-state index in [1.807, 2.05) is 32.9 Å². The van der Waals surface area contributed by atoms with Crippen LogP contribution in [-0.4, -0.2) is 36.1 Å². The van der Waals surface area contributed by atoms with E-state index < -0.39 is 6.10 Å². The highest BCUT2D eigenvalue weighted by molar-refractivity contribution is 5.96. The second kappa shape index (κ2) is 8.42. The minimum Gasteiger partial charge on any atom is -0.391 e. The van der Waals surface area contributed by atoms with Crippen LogP contribution >= 0.6 is 0 Å². The summed E-state index contributed by atoms with van der Waals surface area (Å²) in [6.45, 7) is 6.07. The quantitative estimate of drug-likeness (QED) is 0.707. The van der Waals surface area contributed by atoms with Gasteiger partial charge in [0.15, 0.2) is 0 Å². The van der Waals surface area contributed by atoms with Gasteiger partial charge in [0.05, 0.1) is 12.6 Å². The van der Waals surface area contributed by atoms with Gasteiger partial charge in [-0.2, -0.15) is 0 Å². The summed E-state index contributed by atoms with van der Waals surface area (Å²) in [4.78, 5) is 23.4. The monoisotopic (exact) mass is 292 g/mol. The molecule has 0 heterocycles. The summed E-state index contributed by atoms with van der Waals surface area (Å²) < 4.78 is 0. The molecule has 1 rings (SSSR count). The lowest BCUT2D eigenvalue weighted by Gasteiger charge is -2.14. The lowest BCUT2D eigenvalue weighted by atomic mass is 10.1. The van der Waals surface area contributed by atoms with Crippen molar-refractivity contribution in [1.82, 2.24) is 10.6 Å². The smallest absolute Gasteiger partial charge is 0.251 e. The summed E-state index contributed by atoms with van der Waals surface area (Å²) in [6.07, 6.45) is 0.0810. The van der Waals surface area contributed by atoms with Crippen LogP contribution in [0.3, 0.4) is 0 Å². The molecule has 1 atom stereocenters. The molecule has 0 aromatic heterocycles. The van der Waals surface area contributed by atoms with Gasteiger partial charge in [0.25, 0.3) is 5.91 Å². The van der Waals surface area contributed by atoms with Gasteiger partial charge in [-0.15, -0.1) is 0 Å². The molecule has 0 bridgehead atoms. The molecule has 0 fully saturated rings. The van der Waals surface area contributed by atoms with Crippen LogP contribution < -0.4 is 10.6 Å². The number of hydrogen-bond acceptors (Lipinski definition) is 3. The fraction of sp³-hybridized carbons (Fsp3) is 0.500. The van der Waals surface area contributed by atoms with Crippen molar-refractivity contribution in [2.75, 3.05) is 13.1 Å². The Kier molecular flexibility index (Phi) is 6.88. The molecule has 0 radical (unpaired) electrons. The summed E-state index contributed by atoms with van der Waals surface area (Å²) in [7, 11) is 0. The van der Waals surface area contributed by atoms with E-state index in [4.69, 9.17) is 0 Å². The van der Waals surface area contributed by atoms with Crippen molar-refractivity contribution >= 4 is 11.8 Å². The number of aryl methyl sites for hydroxylation is 1. The Morgan fingerprint density at radius 2 is 1.76 bits per heavy atom. The zero-order chi connectivity index (χ0) is 15.8. The molecule has 3 N–H and O–H groups in total. The third-order valence-electron chi connectivity index (χ3n) is 3.00. The maximum Gasteiger partial charge on any atom is 0.251 e. The molecular formula is C16H24N2O3. The van der Waals surface area contributed by atoms with Crippen LogP contribution in [0.15, 0.2) is 24.3 Å². The molecule has 0 aliphatic heterocycles. The van der Waals surface area contributed by atoms with E-state index in [0.29, 0.717) is 17.9 Å². The van der Waals surface area contributed by atoms with Gasteiger partial charge >= 0.3 is 0 Å². The van der Waals surface area contributed by atoms with Crippen molar-refractivity contribution < 1.29 is 14.7 Å². The van der Waals surface area contributed by atoms with Crippen molar-refractivity contribution in [1.29, 1.82) is 0 Å². The van der Waals surface area contributed by atoms with E-state index in [0.717, 1.165) is 5.56 Å². The van der Waals surface area contributed by atoms with E-state index in [2.05, 4.69) is 10.6 Å². The molecular weight excluding hydrogens is 268 g/mol. The standard InChI is InChI=1S/C16H24N2O3/c1-11(2)8-14(19)9-17-15(20)10-18-16(21)13-6-4-12(3)5-7-13/h4-7,11,14,19H,8-10H2,1-3H3,(H,17,20)(H,18,21). The molecule has 2 amide bonds. The molecule has 21 heavy (non-hydrogen) atoms. The van der Waals surface area contributed by atoms with Crippen LogP contribution in [0.5, 0.6) is 0 Å². The highest BCUT2D eigenvalue weighted by Gasteiger charge is 2.10. The second-order valence-corrected chi connectivity index (χ2v) is 5.64. The maximum atomic E-state index is 11.8. The topological polar surface area (TPSA) is 78.4 Å². The van der Waals surface area contributed by atoms with Gasteiger partial charge in [-0.3, -0.25) is 9.59 Å². The zero-order valence-electron chi connectivity index (χ0n) is 12.8. The number of nitrogens with one attached hydrogen (secondary N) is 2. The summed E-state index contributed by atoms with van der Waals surface area (Å²) in [5.74, 6) is -0.218. The molecule has 116 valence electrons. The van der Waals surface area contributed by atoms with Gasteiger partial charge in [0.1, 0.15) is 0 Å². The SMILES string of the molecule is Cc1ccc(C(=O)NCC(=O)NCC(O)CC(C)C)cc1. The number of aliphatic hydroxyl groups is 1. The van der Waals surface area contributed by atoms with Crippen LogP contribution in [0.1, 0.15) is 36.2 Å². The number of carbonyl (C=O) groups excluding carboxylic acids is 2. The maximum absolute atomic E-state index is 11.8. The average Bonchev–Trinajstić information content (AvgIpc) is 2.42. The van der Waals surface area contributed by atoms with Crippen molar-refractivity contribution in [3.05, 3.63) is 35.4 Å². The molecule has 0 aliphatic rings. The molecule has 1 unspecified atom stereocenters. The van der Waals surface area contributed by atoms with Crippen LogP contribution in [0.4, 0.5) is 0 Å². The van der Waals surface area contributed by atoms with Crippen molar-refractivity contribution in [3.8, 4) is 0 Å². The molecule has 0 saturated carbocycles. The van der Waals surface area contributed by atoms with Gasteiger partial charge in [-0.1, -0.05) is 31.5 Å². The Balaban J connectivity index is 2.29. The first-order valence-corrected chi connectivity index (χ1v) is 7.18. The molecule has 5 nitrogen and oxygen atoms in total. The molecule has 0 aliphatic carbocycles. The normalized spacial score (nSPS) is 12.0. The van der Waals surface area contributed by atoms with E-state index in [1.54, 1.807) is 12.1 Å². The van der Waals surface area contributed by atoms with Crippen LogP contribution in [-0.2, 0) is 4.79 Å².